The van der Waals surface area contributed by atoms with Crippen molar-refractivity contribution in [3.8, 4) is 11.5 Å². The van der Waals surface area contributed by atoms with E-state index in [1.54, 1.807) is 19.5 Å². The number of piperidine rings is 1. The number of nitrogens with zero attached hydrogens (tertiary/aromatic N) is 2. The summed E-state index contributed by atoms with van der Waals surface area (Å²) in [4.78, 5) is 18.3. The highest BCUT2D eigenvalue weighted by atomic mass is 16.5. The molecule has 138 valence electrons. The number of carbonyl (C=O) groups excluding carboxylic acids is 1. The van der Waals surface area contributed by atoms with E-state index in [9.17, 15) is 4.79 Å². The van der Waals surface area contributed by atoms with Gasteiger partial charge in [-0.1, -0.05) is 12.1 Å². The number of hydrogen-bond donors (Lipinski definition) is 1. The molecule has 0 unspecified atom stereocenters. The van der Waals surface area contributed by atoms with Crippen LogP contribution in [0.15, 0.2) is 48.8 Å². The predicted octanol–water partition coefficient (Wildman–Crippen LogP) is 2.96. The average molecular weight is 355 g/mol. The van der Waals surface area contributed by atoms with Gasteiger partial charge in [-0.05, 0) is 37.1 Å². The second-order valence-electron chi connectivity index (χ2n) is 6.35. The van der Waals surface area contributed by atoms with E-state index in [-0.39, 0.29) is 12.0 Å². The van der Waals surface area contributed by atoms with Gasteiger partial charge in [-0.2, -0.15) is 0 Å². The van der Waals surface area contributed by atoms with E-state index in [4.69, 9.17) is 9.47 Å². The van der Waals surface area contributed by atoms with E-state index in [1.165, 1.54) is 0 Å². The van der Waals surface area contributed by atoms with Gasteiger partial charge in [-0.3, -0.25) is 9.78 Å². The van der Waals surface area contributed by atoms with Crippen LogP contribution in [-0.4, -0.2) is 48.6 Å². The molecule has 1 fully saturated rings. The largest absolute Gasteiger partial charge is 0.493 e. The fourth-order valence-electron chi connectivity index (χ4n) is 3.07. The number of rotatable bonds is 7. The van der Waals surface area contributed by atoms with Crippen LogP contribution < -0.4 is 14.8 Å². The lowest BCUT2D eigenvalue weighted by Gasteiger charge is -2.32. The van der Waals surface area contributed by atoms with Gasteiger partial charge in [-0.15, -0.1) is 0 Å². The van der Waals surface area contributed by atoms with Crippen LogP contribution in [0.5, 0.6) is 11.5 Å². The number of hydrogen-bond acceptors (Lipinski definition) is 5. The molecule has 1 aliphatic rings. The maximum absolute atomic E-state index is 12.0. The van der Waals surface area contributed by atoms with Crippen LogP contribution in [-0.2, 0) is 4.79 Å². The Labute approximate surface area is 154 Å². The molecule has 0 spiro atoms. The lowest BCUT2D eigenvalue weighted by Crippen LogP contribution is -2.39. The molecule has 1 aromatic carbocycles. The molecular formula is C20H25N3O3. The number of anilines is 1. The number of nitrogens with one attached hydrogen (secondary N) is 1. The summed E-state index contributed by atoms with van der Waals surface area (Å²) >= 11 is 0. The number of para-hydroxylation sites is 2. The van der Waals surface area contributed by atoms with Gasteiger partial charge in [0.2, 0.25) is 5.91 Å². The van der Waals surface area contributed by atoms with Crippen LogP contribution in [0, 0.1) is 0 Å². The summed E-state index contributed by atoms with van der Waals surface area (Å²) < 4.78 is 11.4. The van der Waals surface area contributed by atoms with E-state index < -0.39 is 0 Å². The molecule has 0 radical (unpaired) electrons. The number of carbonyl (C=O) groups is 1. The SMILES string of the molecule is COc1ccccc1OC1CCN(CCC(=O)Nc2cccnc2)CC1. The zero-order chi connectivity index (χ0) is 18.2. The first-order valence-corrected chi connectivity index (χ1v) is 8.96. The van der Waals surface area contributed by atoms with Crippen molar-refractivity contribution in [1.82, 2.24) is 9.88 Å². The third kappa shape index (κ3) is 5.20. The molecule has 2 heterocycles. The highest BCUT2D eigenvalue weighted by Crippen LogP contribution is 2.28. The highest BCUT2D eigenvalue weighted by Gasteiger charge is 2.21. The zero-order valence-electron chi connectivity index (χ0n) is 15.1. The fraction of sp³-hybridized carbons (Fsp3) is 0.400. The van der Waals surface area contributed by atoms with Crippen molar-refractivity contribution in [1.29, 1.82) is 0 Å². The predicted molar refractivity (Wildman–Crippen MR) is 101 cm³/mol. The smallest absolute Gasteiger partial charge is 0.225 e. The van der Waals surface area contributed by atoms with Crippen LogP contribution in [0.3, 0.4) is 0 Å². The van der Waals surface area contributed by atoms with Crippen molar-refractivity contribution in [3.05, 3.63) is 48.8 Å². The van der Waals surface area contributed by atoms with E-state index in [1.807, 2.05) is 36.4 Å². The van der Waals surface area contributed by atoms with E-state index >= 15 is 0 Å². The average Bonchev–Trinajstić information content (AvgIpc) is 2.69. The number of aromatic nitrogens is 1. The summed E-state index contributed by atoms with van der Waals surface area (Å²) in [6, 6.07) is 11.4. The molecule has 0 bridgehead atoms. The minimum absolute atomic E-state index is 0.0189. The Hall–Kier alpha value is -2.60. The van der Waals surface area contributed by atoms with Gasteiger partial charge in [0.1, 0.15) is 6.10 Å². The molecule has 6 heteroatoms. The molecule has 1 N–H and O–H groups in total. The first-order valence-electron chi connectivity index (χ1n) is 8.96. The van der Waals surface area contributed by atoms with Crippen molar-refractivity contribution in [2.24, 2.45) is 0 Å². The van der Waals surface area contributed by atoms with Crippen molar-refractivity contribution < 1.29 is 14.3 Å². The topological polar surface area (TPSA) is 63.7 Å². The summed E-state index contributed by atoms with van der Waals surface area (Å²) in [7, 11) is 1.65. The molecule has 6 nitrogen and oxygen atoms in total. The van der Waals surface area contributed by atoms with Crippen LogP contribution in [0.4, 0.5) is 5.69 Å². The van der Waals surface area contributed by atoms with Gasteiger partial charge in [0.05, 0.1) is 19.0 Å². The second-order valence-corrected chi connectivity index (χ2v) is 6.35. The molecule has 1 aliphatic heterocycles. The van der Waals surface area contributed by atoms with Gasteiger partial charge in [0.25, 0.3) is 0 Å². The number of pyridine rings is 1. The Balaban J connectivity index is 1.39. The monoisotopic (exact) mass is 355 g/mol. The Bertz CT molecular complexity index is 700. The maximum atomic E-state index is 12.0. The molecule has 1 saturated heterocycles. The van der Waals surface area contributed by atoms with E-state index in [0.717, 1.165) is 49.7 Å². The zero-order valence-corrected chi connectivity index (χ0v) is 15.1. The van der Waals surface area contributed by atoms with Crippen LogP contribution in [0.1, 0.15) is 19.3 Å². The van der Waals surface area contributed by atoms with Crippen molar-refractivity contribution in [2.45, 2.75) is 25.4 Å². The van der Waals surface area contributed by atoms with Gasteiger partial charge in [0, 0.05) is 32.3 Å². The third-order valence-corrected chi connectivity index (χ3v) is 4.50. The standard InChI is InChI=1S/C20H25N3O3/c1-25-18-6-2-3-7-19(18)26-17-8-12-23(13-9-17)14-10-20(24)22-16-5-4-11-21-15-16/h2-7,11,15,17H,8-10,12-14H2,1H3,(H,22,24). The highest BCUT2D eigenvalue weighted by molar-refractivity contribution is 5.90. The van der Waals surface area contributed by atoms with Gasteiger partial charge in [0.15, 0.2) is 11.5 Å². The Morgan fingerprint density at radius 2 is 1.96 bits per heavy atom. The molecule has 1 amide bonds. The van der Waals surface area contributed by atoms with Gasteiger partial charge >= 0.3 is 0 Å². The normalized spacial score (nSPS) is 15.4. The second kappa shape index (κ2) is 9.20. The number of amides is 1. The maximum Gasteiger partial charge on any atom is 0.225 e. The first kappa shape index (κ1) is 18.2. The number of ether oxygens (including phenoxy) is 2. The molecule has 2 aromatic rings. The summed E-state index contributed by atoms with van der Waals surface area (Å²) in [5.41, 5.74) is 0.737. The summed E-state index contributed by atoms with van der Waals surface area (Å²) in [5.74, 6) is 1.58. The first-order chi connectivity index (χ1) is 12.7. The van der Waals surface area contributed by atoms with Crippen LogP contribution in [0.2, 0.25) is 0 Å². The van der Waals surface area contributed by atoms with Crippen LogP contribution in [0.25, 0.3) is 0 Å². The minimum atomic E-state index is 0.0189. The molecule has 26 heavy (non-hydrogen) atoms. The van der Waals surface area contributed by atoms with E-state index in [2.05, 4.69) is 15.2 Å². The Morgan fingerprint density at radius 3 is 2.65 bits per heavy atom. The Kier molecular flexibility index (Phi) is 6.44. The summed E-state index contributed by atoms with van der Waals surface area (Å²) in [5, 5.41) is 2.87. The van der Waals surface area contributed by atoms with Gasteiger partial charge < -0.3 is 19.7 Å². The third-order valence-electron chi connectivity index (χ3n) is 4.50. The minimum Gasteiger partial charge on any atom is -0.493 e. The van der Waals surface area contributed by atoms with Crippen molar-refractivity contribution in [3.63, 3.8) is 0 Å². The van der Waals surface area contributed by atoms with Crippen molar-refractivity contribution >= 4 is 11.6 Å². The quantitative estimate of drug-likeness (QED) is 0.827. The Morgan fingerprint density at radius 1 is 1.19 bits per heavy atom. The fourth-order valence-corrected chi connectivity index (χ4v) is 3.07. The molecule has 1 aromatic heterocycles. The molecule has 3 rings (SSSR count). The molecular weight excluding hydrogens is 330 g/mol. The lowest BCUT2D eigenvalue weighted by molar-refractivity contribution is -0.116. The lowest BCUT2D eigenvalue weighted by atomic mass is 10.1. The molecule has 0 saturated carbocycles. The molecule has 0 atom stereocenters. The molecule has 0 aliphatic carbocycles. The summed E-state index contributed by atoms with van der Waals surface area (Å²) in [6.07, 6.45) is 5.90. The van der Waals surface area contributed by atoms with E-state index in [0.29, 0.717) is 6.42 Å². The number of likely N-dealkylation sites (tertiary alicyclic amines) is 1. The van der Waals surface area contributed by atoms with Gasteiger partial charge in [-0.25, -0.2) is 0 Å². The number of benzene rings is 1. The summed E-state index contributed by atoms with van der Waals surface area (Å²) in [6.45, 7) is 2.62. The number of methoxy groups -OCH3 is 1. The van der Waals surface area contributed by atoms with Crippen molar-refractivity contribution in [2.75, 3.05) is 32.1 Å². The van der Waals surface area contributed by atoms with Crippen LogP contribution >= 0.6 is 0 Å².